The molecule has 1 aromatic carbocycles. The van der Waals surface area contributed by atoms with Gasteiger partial charge in [-0.25, -0.2) is 0 Å². The zero-order chi connectivity index (χ0) is 16.6. The second-order valence-corrected chi connectivity index (χ2v) is 7.65. The summed E-state index contributed by atoms with van der Waals surface area (Å²) in [4.78, 5) is 29.4. The van der Waals surface area contributed by atoms with Crippen molar-refractivity contribution in [2.45, 2.75) is 35.4 Å². The second kappa shape index (κ2) is 6.20. The minimum atomic E-state index is -1.48. The first-order valence-electron chi connectivity index (χ1n) is 8.50. The van der Waals surface area contributed by atoms with E-state index in [-0.39, 0.29) is 11.8 Å². The Labute approximate surface area is 145 Å². The van der Waals surface area contributed by atoms with E-state index in [9.17, 15) is 9.59 Å². The van der Waals surface area contributed by atoms with Crippen molar-refractivity contribution >= 4 is 29.3 Å². The molecule has 0 N–H and O–H groups in total. The minimum absolute atomic E-state index is 0.208. The Kier molecular flexibility index (Phi) is 4.04. The molecule has 0 aromatic heterocycles. The van der Waals surface area contributed by atoms with Gasteiger partial charge < -0.3 is 9.80 Å². The second-order valence-electron chi connectivity index (χ2n) is 6.41. The summed E-state index contributed by atoms with van der Waals surface area (Å²) in [7, 11) is 0. The Hall–Kier alpha value is -1.89. The van der Waals surface area contributed by atoms with Gasteiger partial charge in [-0.2, -0.15) is 5.11 Å². The van der Waals surface area contributed by atoms with Gasteiger partial charge in [-0.15, -0.1) is 5.11 Å². The smallest absolute Gasteiger partial charge is 0.287 e. The molecule has 0 atom stereocenters. The first-order valence-corrected chi connectivity index (χ1v) is 9.32. The molecular weight excluding hydrogens is 324 g/mol. The summed E-state index contributed by atoms with van der Waals surface area (Å²) in [6, 6.07) is 7.55. The average molecular weight is 344 g/mol. The lowest BCUT2D eigenvalue weighted by atomic mass is 10.2. The van der Waals surface area contributed by atoms with E-state index in [1.807, 2.05) is 24.3 Å². The van der Waals surface area contributed by atoms with E-state index in [0.717, 1.165) is 36.3 Å². The maximum absolute atomic E-state index is 13.2. The molecule has 6 nitrogen and oxygen atoms in total. The van der Waals surface area contributed by atoms with Crippen molar-refractivity contribution in [3.63, 3.8) is 0 Å². The molecule has 1 aromatic rings. The molecule has 2 saturated heterocycles. The summed E-state index contributed by atoms with van der Waals surface area (Å²) < 4.78 is 0. The zero-order valence-electron chi connectivity index (χ0n) is 13.5. The highest BCUT2D eigenvalue weighted by Gasteiger charge is 2.54. The van der Waals surface area contributed by atoms with Crippen LogP contribution in [0.3, 0.4) is 0 Å². The van der Waals surface area contributed by atoms with Crippen molar-refractivity contribution in [1.82, 2.24) is 9.80 Å². The van der Waals surface area contributed by atoms with E-state index in [1.54, 1.807) is 9.80 Å². The summed E-state index contributed by atoms with van der Waals surface area (Å²) in [6.45, 7) is 2.80. The van der Waals surface area contributed by atoms with E-state index >= 15 is 0 Å². The Balaban J connectivity index is 1.73. The highest BCUT2D eigenvalue weighted by molar-refractivity contribution is 8.02. The van der Waals surface area contributed by atoms with E-state index in [1.165, 1.54) is 11.8 Å². The number of azo groups is 1. The third-order valence-electron chi connectivity index (χ3n) is 4.79. The number of benzene rings is 1. The highest BCUT2D eigenvalue weighted by Crippen LogP contribution is 2.47. The van der Waals surface area contributed by atoms with Crippen LogP contribution in [0.25, 0.3) is 0 Å². The van der Waals surface area contributed by atoms with Gasteiger partial charge in [0.15, 0.2) is 0 Å². The fourth-order valence-electron chi connectivity index (χ4n) is 3.46. The predicted octanol–water partition coefficient (Wildman–Crippen LogP) is 2.82. The van der Waals surface area contributed by atoms with Crippen LogP contribution in [0.4, 0.5) is 5.69 Å². The van der Waals surface area contributed by atoms with Crippen molar-refractivity contribution in [3.8, 4) is 0 Å². The van der Waals surface area contributed by atoms with Crippen LogP contribution in [0, 0.1) is 0 Å². The van der Waals surface area contributed by atoms with E-state index in [2.05, 4.69) is 10.2 Å². The van der Waals surface area contributed by atoms with Gasteiger partial charge in [0.05, 0.1) is 5.69 Å². The van der Waals surface area contributed by atoms with Crippen LogP contribution in [0.2, 0.25) is 0 Å². The van der Waals surface area contributed by atoms with Crippen LogP contribution < -0.4 is 0 Å². The molecule has 4 rings (SSSR count). The monoisotopic (exact) mass is 344 g/mol. The van der Waals surface area contributed by atoms with Gasteiger partial charge >= 0.3 is 0 Å². The van der Waals surface area contributed by atoms with Gasteiger partial charge in [0.25, 0.3) is 16.7 Å². The summed E-state index contributed by atoms with van der Waals surface area (Å²) in [5.41, 5.74) is 0.724. The molecule has 0 bridgehead atoms. The number of amides is 2. The third kappa shape index (κ3) is 2.51. The van der Waals surface area contributed by atoms with Crippen LogP contribution in [-0.4, -0.2) is 52.7 Å². The van der Waals surface area contributed by atoms with Crippen LogP contribution in [-0.2, 0) is 9.59 Å². The minimum Gasteiger partial charge on any atom is -0.339 e. The van der Waals surface area contributed by atoms with Crippen LogP contribution in [0.1, 0.15) is 25.7 Å². The fourth-order valence-corrected chi connectivity index (χ4v) is 4.66. The lowest BCUT2D eigenvalue weighted by Crippen LogP contribution is -2.55. The number of nitrogens with zero attached hydrogens (tertiary/aromatic N) is 4. The summed E-state index contributed by atoms with van der Waals surface area (Å²) in [5.74, 6) is -0.416. The van der Waals surface area contributed by atoms with Gasteiger partial charge in [-0.05, 0) is 37.8 Å². The molecule has 0 unspecified atom stereocenters. The fraction of sp³-hybridized carbons (Fsp3) is 0.529. The number of carbonyl (C=O) groups is 2. The molecule has 0 spiro atoms. The van der Waals surface area contributed by atoms with Gasteiger partial charge in [-0.3, -0.25) is 9.59 Å². The topological polar surface area (TPSA) is 65.3 Å². The summed E-state index contributed by atoms with van der Waals surface area (Å²) in [5, 5.41) is 8.54. The van der Waals surface area contributed by atoms with E-state index in [0.29, 0.717) is 26.2 Å². The number of fused-ring (bicyclic) bond motifs is 1. The van der Waals surface area contributed by atoms with Crippen molar-refractivity contribution < 1.29 is 9.59 Å². The Bertz CT molecular complexity index is 666. The Morgan fingerprint density at radius 1 is 0.917 bits per heavy atom. The van der Waals surface area contributed by atoms with Gasteiger partial charge in [0.1, 0.15) is 0 Å². The SMILES string of the molecule is O=C(N1CCCC1)C1(C(=O)N2CCCC2)N=Nc2ccccc2S1. The summed E-state index contributed by atoms with van der Waals surface area (Å²) >= 11 is 1.25. The number of carbonyl (C=O) groups excluding carboxylic acids is 2. The van der Waals surface area contributed by atoms with E-state index in [4.69, 9.17) is 0 Å². The van der Waals surface area contributed by atoms with Crippen molar-refractivity contribution in [3.05, 3.63) is 24.3 Å². The molecule has 0 aliphatic carbocycles. The number of likely N-dealkylation sites (tertiary alicyclic amines) is 2. The molecule has 0 radical (unpaired) electrons. The Morgan fingerprint density at radius 2 is 1.46 bits per heavy atom. The molecular formula is C17H20N4O2S. The quantitative estimate of drug-likeness (QED) is 0.775. The molecule has 0 saturated carbocycles. The molecule has 3 aliphatic heterocycles. The normalized spacial score (nSPS) is 21.8. The van der Waals surface area contributed by atoms with Gasteiger partial charge in [-0.1, -0.05) is 23.9 Å². The molecule has 2 amide bonds. The highest BCUT2D eigenvalue weighted by atomic mass is 32.2. The molecule has 3 aliphatic rings. The largest absolute Gasteiger partial charge is 0.339 e. The third-order valence-corrected chi connectivity index (χ3v) is 6.08. The molecule has 24 heavy (non-hydrogen) atoms. The van der Waals surface area contributed by atoms with Crippen LogP contribution in [0.5, 0.6) is 0 Å². The lowest BCUT2D eigenvalue weighted by Gasteiger charge is -2.34. The van der Waals surface area contributed by atoms with Crippen molar-refractivity contribution in [2.24, 2.45) is 10.2 Å². The van der Waals surface area contributed by atoms with E-state index < -0.39 is 4.87 Å². The molecule has 7 heteroatoms. The first-order chi connectivity index (χ1) is 11.7. The van der Waals surface area contributed by atoms with Gasteiger partial charge in [0.2, 0.25) is 0 Å². The van der Waals surface area contributed by atoms with Crippen molar-refractivity contribution in [2.75, 3.05) is 26.2 Å². The summed E-state index contributed by atoms with van der Waals surface area (Å²) in [6.07, 6.45) is 3.94. The number of thioether (sulfide) groups is 1. The van der Waals surface area contributed by atoms with Crippen molar-refractivity contribution in [1.29, 1.82) is 0 Å². The lowest BCUT2D eigenvalue weighted by molar-refractivity contribution is -0.143. The maximum Gasteiger partial charge on any atom is 0.287 e. The predicted molar refractivity (Wildman–Crippen MR) is 91.2 cm³/mol. The molecule has 3 heterocycles. The zero-order valence-corrected chi connectivity index (χ0v) is 14.3. The van der Waals surface area contributed by atoms with Gasteiger partial charge in [0, 0.05) is 31.1 Å². The van der Waals surface area contributed by atoms with Crippen LogP contribution >= 0.6 is 11.8 Å². The average Bonchev–Trinajstić information content (AvgIpc) is 3.33. The Morgan fingerprint density at radius 3 is 2.04 bits per heavy atom. The number of rotatable bonds is 2. The number of hydrogen-bond donors (Lipinski definition) is 0. The molecule has 126 valence electrons. The molecule has 2 fully saturated rings. The standard InChI is InChI=1S/C17H20N4O2S/c22-15(20-9-3-4-10-20)17(16(23)21-11-5-6-12-21)19-18-13-7-1-2-8-14(13)24-17/h1-2,7-8H,3-6,9-12H2. The maximum atomic E-state index is 13.2. The van der Waals surface area contributed by atoms with Crippen LogP contribution in [0.15, 0.2) is 39.4 Å². The first kappa shape index (κ1) is 15.6. The number of hydrogen-bond acceptors (Lipinski definition) is 5.